The third-order valence-corrected chi connectivity index (χ3v) is 17.6. The zero-order valence-corrected chi connectivity index (χ0v) is 52.9. The number of nitrogens with zero attached hydrogens (tertiary/aromatic N) is 2. The summed E-state index contributed by atoms with van der Waals surface area (Å²) in [6.45, 7) is 10.9. The van der Waals surface area contributed by atoms with Crippen LogP contribution in [0.1, 0.15) is 90.8 Å². The van der Waals surface area contributed by atoms with E-state index < -0.39 is 19.9 Å². The maximum absolute atomic E-state index is 12.9. The van der Waals surface area contributed by atoms with E-state index in [0.29, 0.717) is 123 Å². The number of sulfonamides is 1. The van der Waals surface area contributed by atoms with Gasteiger partial charge in [0.05, 0.1) is 75.9 Å². The van der Waals surface area contributed by atoms with Crippen molar-refractivity contribution in [1.29, 1.82) is 0 Å². The fourth-order valence-corrected chi connectivity index (χ4v) is 12.3. The number of likely N-dealkylation sites (N-methyl/N-ethyl adjacent to an activating group) is 2. The first-order valence-corrected chi connectivity index (χ1v) is 33.0. The zero-order chi connectivity index (χ0) is 60.5. The molecule has 3 N–H and O–H groups in total. The summed E-state index contributed by atoms with van der Waals surface area (Å²) in [5, 5.41) is 8.01. The van der Waals surface area contributed by atoms with Gasteiger partial charge in [-0.15, -0.1) is 0 Å². The minimum atomic E-state index is -3.72. The third kappa shape index (κ3) is 24.3. The van der Waals surface area contributed by atoms with Crippen LogP contribution in [0.15, 0.2) is 107 Å². The van der Waals surface area contributed by atoms with E-state index in [-0.39, 0.29) is 49.1 Å². The van der Waals surface area contributed by atoms with E-state index in [9.17, 15) is 26.4 Å². The molecule has 0 saturated heterocycles. The lowest BCUT2D eigenvalue weighted by Gasteiger charge is -2.33. The molecule has 0 unspecified atom stereocenters. The Labute approximate surface area is 523 Å². The van der Waals surface area contributed by atoms with Crippen LogP contribution in [0, 0.1) is 0 Å². The summed E-state index contributed by atoms with van der Waals surface area (Å²) in [4.78, 5) is 29.5. The molecule has 0 aromatic heterocycles. The summed E-state index contributed by atoms with van der Waals surface area (Å²) >= 11 is 25.3. The molecular weight excluding hydrogens is 1210 g/mol. The number of ether oxygens (including phenoxy) is 6. The zero-order valence-electron chi connectivity index (χ0n) is 48.3. The van der Waals surface area contributed by atoms with Gasteiger partial charge in [0.15, 0.2) is 9.84 Å². The quantitative estimate of drug-likeness (QED) is 0.0335. The molecule has 2 atom stereocenters. The molecular formula is C62H83Cl4N5O12S2. The van der Waals surface area contributed by atoms with Crippen LogP contribution in [-0.4, -0.2) is 164 Å². The number of fused-ring (bicyclic) bond motifs is 2. The van der Waals surface area contributed by atoms with Crippen LogP contribution >= 0.6 is 46.4 Å². The molecule has 7 rings (SSSR count). The number of amides is 2. The fraction of sp³-hybridized carbons (Fsp3) is 0.484. The summed E-state index contributed by atoms with van der Waals surface area (Å²) in [7, 11) is -2.83. The second-order valence-corrected chi connectivity index (χ2v) is 26.1. The van der Waals surface area contributed by atoms with Gasteiger partial charge in [0.25, 0.3) is 0 Å². The van der Waals surface area contributed by atoms with E-state index in [2.05, 4.69) is 32.1 Å². The van der Waals surface area contributed by atoms with Crippen molar-refractivity contribution in [1.82, 2.24) is 19.8 Å². The second-order valence-electron chi connectivity index (χ2n) is 20.6. The van der Waals surface area contributed by atoms with Crippen molar-refractivity contribution in [3.63, 3.8) is 0 Å². The molecule has 2 aliphatic rings. The standard InChI is InChI=1S/C44H62Cl2N4O10S.C17H17Cl2NO2S.CH4/c1-3-4-17-55-21-25-59-26-22-56-18-5-6-38(51)29-34-7-11-37(12-8-34)49-44(52)47-15-19-57-23-27-60-28-24-58-20-16-48-61(53,54)39-13-9-35(10-14-39)41-32-50(2)33-42-40(41)30-36(45)31-43(42)46;1-20-9-15(11-3-5-13(6-4-11)23(2,21)22)14-7-12(18)8-17(19)16(14)10-20;/h7-14,30-31,41,48H,3-6,15-29,32-33H2,1-2H3,(H2,47,49,52);3-8,15H,9-10H2,1-2H3;1H4/t41-;15-;/m00./s1. The molecule has 85 heavy (non-hydrogen) atoms. The highest BCUT2D eigenvalue weighted by Gasteiger charge is 2.29. The minimum absolute atomic E-state index is 0. The van der Waals surface area contributed by atoms with Crippen molar-refractivity contribution in [3.05, 3.63) is 156 Å². The number of hydrogen-bond donors (Lipinski definition) is 3. The van der Waals surface area contributed by atoms with Gasteiger partial charge in [-0.25, -0.2) is 26.4 Å². The van der Waals surface area contributed by atoms with Gasteiger partial charge >= 0.3 is 6.03 Å². The Kier molecular flexibility index (Phi) is 31.0. The molecule has 2 heterocycles. The lowest BCUT2D eigenvalue weighted by atomic mass is 9.85. The summed E-state index contributed by atoms with van der Waals surface area (Å²) in [6, 6.07) is 28.2. The molecule has 0 fully saturated rings. The first kappa shape index (κ1) is 71.5. The Balaban J connectivity index is 0.000000455. The van der Waals surface area contributed by atoms with Crippen LogP contribution in [0.25, 0.3) is 0 Å². The number of anilines is 1. The largest absolute Gasteiger partial charge is 0.379 e. The van der Waals surface area contributed by atoms with E-state index in [1.165, 1.54) is 6.26 Å². The van der Waals surface area contributed by atoms with Gasteiger partial charge in [-0.1, -0.05) is 104 Å². The van der Waals surface area contributed by atoms with Crippen molar-refractivity contribution in [2.45, 2.75) is 81.2 Å². The molecule has 0 bridgehead atoms. The molecule has 0 saturated carbocycles. The lowest BCUT2D eigenvalue weighted by molar-refractivity contribution is -0.118. The highest BCUT2D eigenvalue weighted by molar-refractivity contribution is 7.90. The Morgan fingerprint density at radius 3 is 1.47 bits per heavy atom. The number of rotatable bonds is 33. The number of Topliss-reactive ketones (excluding diaryl/α,β-unsaturated/α-hetero) is 1. The number of carbonyl (C=O) groups excluding carboxylic acids is 2. The number of ketones is 1. The van der Waals surface area contributed by atoms with Crippen molar-refractivity contribution in [3.8, 4) is 0 Å². The highest BCUT2D eigenvalue weighted by Crippen LogP contribution is 2.40. The van der Waals surface area contributed by atoms with Gasteiger partial charge in [0, 0.05) is 109 Å². The Morgan fingerprint density at radius 1 is 0.565 bits per heavy atom. The van der Waals surface area contributed by atoms with Gasteiger partial charge in [-0.3, -0.25) is 4.79 Å². The smallest absolute Gasteiger partial charge is 0.319 e. The summed E-state index contributed by atoms with van der Waals surface area (Å²) in [5.41, 5.74) is 7.83. The van der Waals surface area contributed by atoms with E-state index >= 15 is 0 Å². The van der Waals surface area contributed by atoms with Crippen LogP contribution in [0.3, 0.4) is 0 Å². The molecule has 0 radical (unpaired) electrons. The fourth-order valence-electron chi connectivity index (χ4n) is 9.55. The summed E-state index contributed by atoms with van der Waals surface area (Å²) in [6.07, 6.45) is 4.81. The summed E-state index contributed by atoms with van der Waals surface area (Å²) in [5.74, 6) is 0.266. The van der Waals surface area contributed by atoms with E-state index in [0.717, 1.165) is 84.6 Å². The van der Waals surface area contributed by atoms with Gasteiger partial charge in [-0.2, -0.15) is 0 Å². The molecule has 0 spiro atoms. The third-order valence-electron chi connectivity index (χ3n) is 13.8. The monoisotopic (exact) mass is 1290 g/mol. The Bertz CT molecular complexity index is 3090. The number of urea groups is 1. The van der Waals surface area contributed by atoms with Crippen molar-refractivity contribution < 1.29 is 54.8 Å². The van der Waals surface area contributed by atoms with Crippen LogP contribution in [0.5, 0.6) is 0 Å². The number of nitrogens with one attached hydrogen (secondary N) is 3. The van der Waals surface area contributed by atoms with E-state index in [1.807, 2.05) is 62.6 Å². The normalized spacial score (nSPS) is 15.2. The number of benzene rings is 5. The highest BCUT2D eigenvalue weighted by atomic mass is 35.5. The predicted octanol–water partition coefficient (Wildman–Crippen LogP) is 11.1. The van der Waals surface area contributed by atoms with Gasteiger partial charge in [0.1, 0.15) is 5.78 Å². The lowest BCUT2D eigenvalue weighted by Crippen LogP contribution is -2.31. The van der Waals surface area contributed by atoms with Gasteiger partial charge < -0.3 is 48.9 Å². The maximum Gasteiger partial charge on any atom is 0.319 e. The number of halogens is 4. The van der Waals surface area contributed by atoms with Crippen molar-refractivity contribution in [2.24, 2.45) is 0 Å². The van der Waals surface area contributed by atoms with Gasteiger partial charge in [-0.05, 0) is 127 Å². The SMILES string of the molecule is C.CCCCOCCOCCOCCCC(=O)Cc1ccc(NC(=O)NCCOCCOCCOCCNS(=O)(=O)c2ccc([C@@H]3CN(C)Cc4c(Cl)cc(Cl)cc43)cc2)cc1.CN1Cc2c(Cl)cc(Cl)cc2[C@H](c2ccc(S(C)(=O)=O)cc2)C1. The van der Waals surface area contributed by atoms with Crippen LogP contribution < -0.4 is 15.4 Å². The topological polar surface area (TPSA) is 200 Å². The molecule has 2 aliphatic heterocycles. The summed E-state index contributed by atoms with van der Waals surface area (Å²) < 4.78 is 84.6. The van der Waals surface area contributed by atoms with E-state index in [4.69, 9.17) is 74.8 Å². The predicted molar refractivity (Wildman–Crippen MR) is 338 cm³/mol. The van der Waals surface area contributed by atoms with Crippen molar-refractivity contribution >= 4 is 83.8 Å². The Hall–Kier alpha value is -4.26. The van der Waals surface area contributed by atoms with Crippen molar-refractivity contribution in [2.75, 3.05) is 131 Å². The Morgan fingerprint density at radius 2 is 1.00 bits per heavy atom. The number of hydrogen-bond acceptors (Lipinski definition) is 14. The van der Waals surface area contributed by atoms with Crippen LogP contribution in [-0.2, 0) is 72.6 Å². The number of carbonyl (C=O) groups is 2. The average Bonchev–Trinajstić information content (AvgIpc) is 2.06. The molecule has 0 aliphatic carbocycles. The molecule has 5 aromatic carbocycles. The van der Waals surface area contributed by atoms with E-state index in [1.54, 1.807) is 48.5 Å². The molecule has 17 nitrogen and oxygen atoms in total. The van der Waals surface area contributed by atoms with Crippen LogP contribution in [0.4, 0.5) is 10.5 Å². The van der Waals surface area contributed by atoms with Gasteiger partial charge in [0.2, 0.25) is 10.0 Å². The molecule has 5 aromatic rings. The number of sulfone groups is 1. The minimum Gasteiger partial charge on any atom is -0.379 e. The molecule has 23 heteroatoms. The molecule has 2 amide bonds. The van der Waals surface area contributed by atoms with Crippen LogP contribution in [0.2, 0.25) is 20.1 Å². The number of unbranched alkanes of at least 4 members (excludes halogenated alkanes) is 1. The average molecular weight is 1300 g/mol. The first-order chi connectivity index (χ1) is 40.3. The second kappa shape index (κ2) is 36.9. The first-order valence-electron chi connectivity index (χ1n) is 28.2. The molecule has 468 valence electrons. The maximum atomic E-state index is 12.9.